The molecule has 0 bridgehead atoms. The van der Waals surface area contributed by atoms with E-state index in [-0.39, 0.29) is 5.73 Å². The van der Waals surface area contributed by atoms with Crippen LogP contribution in [0.4, 0.5) is 0 Å². The first-order valence-corrected chi connectivity index (χ1v) is 3.13. The first-order chi connectivity index (χ1) is 3.39. The molecule has 0 nitrogen and oxygen atoms in total. The molecular formula is C5H8S. The number of thioether (sulfide) groups is 1. The Labute approximate surface area is 44.0 Å². The maximum Gasteiger partial charge on any atom is 0.0384 e. The van der Waals surface area contributed by atoms with Crippen LogP contribution in [0.3, 0.4) is 0 Å². The van der Waals surface area contributed by atoms with E-state index in [9.17, 15) is 0 Å². The van der Waals surface area contributed by atoms with Gasteiger partial charge in [-0.05, 0) is 12.1 Å². The standard InChI is InChI=1S/C5H8S/c1-2-4-6-5-3-1/h1-2H,3-5H2/i5D. The fourth-order valence-corrected chi connectivity index (χ4v) is 1.04. The van der Waals surface area contributed by atoms with E-state index in [1.165, 1.54) is 0 Å². The van der Waals surface area contributed by atoms with Crippen molar-refractivity contribution < 1.29 is 1.37 Å². The van der Waals surface area contributed by atoms with E-state index >= 15 is 0 Å². The van der Waals surface area contributed by atoms with Gasteiger partial charge in [-0.2, -0.15) is 11.8 Å². The van der Waals surface area contributed by atoms with Gasteiger partial charge in [0.1, 0.15) is 0 Å². The number of allylic oxidation sites excluding steroid dienone is 1. The molecule has 6 heavy (non-hydrogen) atoms. The Morgan fingerprint density at radius 2 is 2.67 bits per heavy atom. The van der Waals surface area contributed by atoms with Crippen molar-refractivity contribution in [3.05, 3.63) is 12.2 Å². The van der Waals surface area contributed by atoms with Gasteiger partial charge in [0, 0.05) is 7.12 Å². The van der Waals surface area contributed by atoms with Gasteiger partial charge in [0.2, 0.25) is 0 Å². The Balaban J connectivity index is 2.32. The molecule has 0 spiro atoms. The van der Waals surface area contributed by atoms with E-state index in [1.807, 2.05) is 0 Å². The van der Waals surface area contributed by atoms with Crippen molar-refractivity contribution in [3.8, 4) is 0 Å². The van der Waals surface area contributed by atoms with Crippen LogP contribution in [0.5, 0.6) is 0 Å². The molecule has 1 heteroatoms. The van der Waals surface area contributed by atoms with Gasteiger partial charge < -0.3 is 0 Å². The molecule has 1 rings (SSSR count). The third kappa shape index (κ3) is 1.05. The summed E-state index contributed by atoms with van der Waals surface area (Å²) in [5.74, 6) is 1.04. The van der Waals surface area contributed by atoms with Gasteiger partial charge in [-0.3, -0.25) is 0 Å². The molecule has 0 amide bonds. The van der Waals surface area contributed by atoms with Crippen LogP contribution in [0, 0.1) is 0 Å². The minimum Gasteiger partial charge on any atom is -0.158 e. The van der Waals surface area contributed by atoms with E-state index in [2.05, 4.69) is 12.2 Å². The molecule has 0 saturated carbocycles. The minimum absolute atomic E-state index is 0.116. The van der Waals surface area contributed by atoms with Gasteiger partial charge in [-0.1, -0.05) is 12.2 Å². The molecule has 0 saturated heterocycles. The molecule has 0 N–H and O–H groups in total. The van der Waals surface area contributed by atoms with Gasteiger partial charge in [0.15, 0.2) is 0 Å². The summed E-state index contributed by atoms with van der Waals surface area (Å²) < 4.78 is 7.18. The summed E-state index contributed by atoms with van der Waals surface area (Å²) in [5, 5.41) is 0. The van der Waals surface area contributed by atoms with E-state index in [0.29, 0.717) is 0 Å². The smallest absolute Gasteiger partial charge is 0.0384 e. The molecule has 0 aliphatic carbocycles. The summed E-state index contributed by atoms with van der Waals surface area (Å²) >= 11 is 1.70. The average molecular weight is 101 g/mol. The Hall–Kier alpha value is 0.0900. The monoisotopic (exact) mass is 101 g/mol. The second-order valence-electron chi connectivity index (χ2n) is 1.21. The van der Waals surface area contributed by atoms with Crippen molar-refractivity contribution in [1.29, 1.82) is 0 Å². The largest absolute Gasteiger partial charge is 0.158 e. The summed E-state index contributed by atoms with van der Waals surface area (Å²) in [6.45, 7) is 0. The van der Waals surface area contributed by atoms with Crippen LogP contribution < -0.4 is 0 Å². The Morgan fingerprint density at radius 3 is 3.00 bits per heavy atom. The first kappa shape index (κ1) is 3.14. The van der Waals surface area contributed by atoms with Gasteiger partial charge in [-0.15, -0.1) is 0 Å². The molecule has 0 aromatic carbocycles. The maximum atomic E-state index is 7.18. The highest BCUT2D eigenvalue weighted by atomic mass is 32.2. The lowest BCUT2D eigenvalue weighted by Crippen LogP contribution is -1.83. The van der Waals surface area contributed by atoms with Gasteiger partial charge in [0.05, 0.1) is 0 Å². The van der Waals surface area contributed by atoms with Crippen LogP contribution >= 0.6 is 11.8 Å². The topological polar surface area (TPSA) is 0 Å². The lowest BCUT2D eigenvalue weighted by Gasteiger charge is -1.97. The van der Waals surface area contributed by atoms with Crippen molar-refractivity contribution >= 4 is 11.8 Å². The fourth-order valence-electron chi connectivity index (χ4n) is 0.411. The molecule has 1 aliphatic heterocycles. The second-order valence-corrected chi connectivity index (χ2v) is 2.21. The molecule has 34 valence electrons. The number of hydrogen-bond acceptors (Lipinski definition) is 1. The lowest BCUT2D eigenvalue weighted by molar-refractivity contribution is 1.22. The van der Waals surface area contributed by atoms with Crippen LogP contribution in [0.25, 0.3) is 0 Å². The zero-order chi connectivity index (χ0) is 5.11. The normalized spacial score (nSPS) is 36.0. The van der Waals surface area contributed by atoms with E-state index in [4.69, 9.17) is 1.37 Å². The predicted octanol–water partition coefficient (Wildman–Crippen LogP) is 1.68. The van der Waals surface area contributed by atoms with E-state index in [1.54, 1.807) is 11.8 Å². The zero-order valence-corrected chi connectivity index (χ0v) is 4.37. The number of rotatable bonds is 0. The van der Waals surface area contributed by atoms with Crippen molar-refractivity contribution in [2.75, 3.05) is 11.5 Å². The molecule has 0 radical (unpaired) electrons. The highest BCUT2D eigenvalue weighted by molar-refractivity contribution is 7.99. The van der Waals surface area contributed by atoms with Crippen LogP contribution in [0.15, 0.2) is 12.2 Å². The Morgan fingerprint density at radius 1 is 1.67 bits per heavy atom. The molecule has 1 atom stereocenters. The van der Waals surface area contributed by atoms with Crippen LogP contribution in [-0.2, 0) is 0 Å². The summed E-state index contributed by atoms with van der Waals surface area (Å²) in [4.78, 5) is 0. The third-order valence-corrected chi connectivity index (χ3v) is 1.52. The van der Waals surface area contributed by atoms with Crippen LogP contribution in [0.2, 0.25) is 0 Å². The van der Waals surface area contributed by atoms with Crippen LogP contribution in [-0.4, -0.2) is 11.5 Å². The van der Waals surface area contributed by atoms with Gasteiger partial charge in [-0.25, -0.2) is 0 Å². The van der Waals surface area contributed by atoms with E-state index in [0.717, 1.165) is 12.2 Å². The molecule has 0 fully saturated rings. The summed E-state index contributed by atoms with van der Waals surface area (Å²) in [7, 11) is 0. The maximum absolute atomic E-state index is 7.18. The highest BCUT2D eigenvalue weighted by Gasteiger charge is 1.87. The van der Waals surface area contributed by atoms with Crippen molar-refractivity contribution in [2.45, 2.75) is 6.42 Å². The summed E-state index contributed by atoms with van der Waals surface area (Å²) in [6, 6.07) is 0. The SMILES string of the molecule is [2H]C1CC=CCS1. The first-order valence-electron chi connectivity index (χ1n) is 2.66. The Kier molecular flexibility index (Phi) is 1.20. The average Bonchev–Trinajstić information content (AvgIpc) is 1.69. The van der Waals surface area contributed by atoms with E-state index < -0.39 is 0 Å². The quantitative estimate of drug-likeness (QED) is 0.418. The predicted molar refractivity (Wildman–Crippen MR) is 31.1 cm³/mol. The molecule has 0 aromatic rings. The third-order valence-electron chi connectivity index (χ3n) is 0.709. The zero-order valence-electron chi connectivity index (χ0n) is 4.55. The molecule has 0 aromatic heterocycles. The lowest BCUT2D eigenvalue weighted by atomic mass is 10.4. The minimum atomic E-state index is 0.116. The fraction of sp³-hybridized carbons (Fsp3) is 0.600. The Bertz CT molecular complexity index is 80.1. The van der Waals surface area contributed by atoms with Gasteiger partial charge in [0.25, 0.3) is 0 Å². The van der Waals surface area contributed by atoms with Crippen molar-refractivity contribution in [2.24, 2.45) is 0 Å². The molecule has 1 unspecified atom stereocenters. The summed E-state index contributed by atoms with van der Waals surface area (Å²) in [6.07, 6.45) is 5.13. The highest BCUT2D eigenvalue weighted by Crippen LogP contribution is 2.07. The molecular weight excluding hydrogens is 92.1 g/mol. The summed E-state index contributed by atoms with van der Waals surface area (Å²) in [5.41, 5.74) is 0.116. The van der Waals surface area contributed by atoms with Crippen molar-refractivity contribution in [3.63, 3.8) is 0 Å². The van der Waals surface area contributed by atoms with Crippen molar-refractivity contribution in [1.82, 2.24) is 0 Å². The number of hydrogen-bond donors (Lipinski definition) is 0. The van der Waals surface area contributed by atoms with Crippen LogP contribution in [0.1, 0.15) is 7.79 Å². The van der Waals surface area contributed by atoms with Gasteiger partial charge >= 0.3 is 0 Å². The second kappa shape index (κ2) is 2.30. The molecule has 1 heterocycles. The molecule has 1 aliphatic rings.